The van der Waals surface area contributed by atoms with Crippen LogP contribution < -0.4 is 15.4 Å². The van der Waals surface area contributed by atoms with Crippen LogP contribution in [0.3, 0.4) is 0 Å². The summed E-state index contributed by atoms with van der Waals surface area (Å²) in [5.41, 5.74) is -1.33. The van der Waals surface area contributed by atoms with Gasteiger partial charge >= 0.3 is 6.11 Å². The fourth-order valence-corrected chi connectivity index (χ4v) is 3.31. The first kappa shape index (κ1) is 25.3. The summed E-state index contributed by atoms with van der Waals surface area (Å²) in [6.07, 6.45) is -1.85. The second kappa shape index (κ2) is 10.1. The summed E-state index contributed by atoms with van der Waals surface area (Å²) in [7, 11) is 0. The van der Waals surface area contributed by atoms with Crippen LogP contribution >= 0.6 is 11.8 Å². The number of hydrogen-bond donors (Lipinski definition) is 2. The molecule has 0 heterocycles. The Morgan fingerprint density at radius 2 is 1.87 bits per heavy atom. The Bertz CT molecular complexity index is 793. The SMILES string of the molecule is CSc1ccc(OC(F)(F)CNC(CC(F)(F)CC2CC2)C(=O)NC(C)(C)C#N)cc1. The van der Waals surface area contributed by atoms with Gasteiger partial charge in [-0.3, -0.25) is 10.1 Å². The van der Waals surface area contributed by atoms with Gasteiger partial charge in [-0.15, -0.1) is 11.8 Å². The second-order valence-electron chi connectivity index (χ2n) is 8.28. The van der Waals surface area contributed by atoms with E-state index in [0.29, 0.717) is 12.8 Å². The fourth-order valence-electron chi connectivity index (χ4n) is 2.90. The highest BCUT2D eigenvalue weighted by Crippen LogP contribution is 2.41. The molecule has 5 nitrogen and oxygen atoms in total. The molecule has 0 radical (unpaired) electrons. The normalized spacial score (nSPS) is 15.8. The fraction of sp³-hybridized carbons (Fsp3) is 0.619. The summed E-state index contributed by atoms with van der Waals surface area (Å²) in [6, 6.07) is 6.19. The zero-order chi connectivity index (χ0) is 23.3. The molecule has 2 N–H and O–H groups in total. The van der Waals surface area contributed by atoms with Crippen LogP contribution in [0.2, 0.25) is 0 Å². The maximum absolute atomic E-state index is 14.4. The van der Waals surface area contributed by atoms with E-state index in [9.17, 15) is 22.4 Å². The first-order valence-electron chi connectivity index (χ1n) is 9.90. The van der Waals surface area contributed by atoms with E-state index in [2.05, 4.69) is 15.4 Å². The lowest BCUT2D eigenvalue weighted by Gasteiger charge is -2.28. The van der Waals surface area contributed by atoms with E-state index in [1.165, 1.54) is 37.7 Å². The number of nitrogens with zero attached hydrogens (tertiary/aromatic N) is 1. The first-order valence-corrected chi connectivity index (χ1v) is 11.1. The highest BCUT2D eigenvalue weighted by Gasteiger charge is 2.42. The van der Waals surface area contributed by atoms with Crippen LogP contribution in [0.25, 0.3) is 0 Å². The Hall–Kier alpha value is -1.99. The lowest BCUT2D eigenvalue weighted by molar-refractivity contribution is -0.174. The van der Waals surface area contributed by atoms with Gasteiger partial charge in [-0.1, -0.05) is 0 Å². The van der Waals surface area contributed by atoms with Crippen molar-refractivity contribution in [3.8, 4) is 11.8 Å². The number of alkyl halides is 4. The Kier molecular flexibility index (Phi) is 8.22. The maximum atomic E-state index is 14.4. The van der Waals surface area contributed by atoms with Gasteiger partial charge in [-0.25, -0.2) is 8.78 Å². The van der Waals surface area contributed by atoms with Crippen molar-refractivity contribution in [1.29, 1.82) is 5.26 Å². The van der Waals surface area contributed by atoms with Crippen LogP contribution in [0.15, 0.2) is 29.2 Å². The number of ether oxygens (including phenoxy) is 1. The van der Waals surface area contributed by atoms with Crippen LogP contribution in [-0.4, -0.2) is 42.3 Å². The zero-order valence-corrected chi connectivity index (χ0v) is 18.5. The van der Waals surface area contributed by atoms with Crippen LogP contribution in [-0.2, 0) is 4.79 Å². The molecule has 31 heavy (non-hydrogen) atoms. The van der Waals surface area contributed by atoms with Crippen molar-refractivity contribution < 1.29 is 27.1 Å². The number of carbonyl (C=O) groups is 1. The summed E-state index contributed by atoms with van der Waals surface area (Å²) in [6.45, 7) is 1.63. The van der Waals surface area contributed by atoms with Gasteiger partial charge in [0, 0.05) is 17.7 Å². The molecule has 1 amide bonds. The van der Waals surface area contributed by atoms with Gasteiger partial charge < -0.3 is 10.1 Å². The molecule has 1 aliphatic carbocycles. The van der Waals surface area contributed by atoms with Crippen LogP contribution in [0.5, 0.6) is 5.75 Å². The predicted molar refractivity (Wildman–Crippen MR) is 110 cm³/mol. The third-order valence-electron chi connectivity index (χ3n) is 4.70. The maximum Gasteiger partial charge on any atom is 0.410 e. The summed E-state index contributed by atoms with van der Waals surface area (Å²) < 4.78 is 62.0. The van der Waals surface area contributed by atoms with E-state index < -0.39 is 48.9 Å². The Morgan fingerprint density at radius 1 is 1.26 bits per heavy atom. The summed E-state index contributed by atoms with van der Waals surface area (Å²) in [5, 5.41) is 13.6. The molecular weight excluding hydrogens is 434 g/mol. The molecule has 2 rings (SSSR count). The third kappa shape index (κ3) is 8.95. The van der Waals surface area contributed by atoms with E-state index in [1.54, 1.807) is 12.1 Å². The molecule has 1 fully saturated rings. The van der Waals surface area contributed by atoms with E-state index in [1.807, 2.05) is 12.3 Å². The zero-order valence-electron chi connectivity index (χ0n) is 17.7. The molecule has 172 valence electrons. The number of benzene rings is 1. The average Bonchev–Trinajstić information content (AvgIpc) is 3.48. The van der Waals surface area contributed by atoms with Gasteiger partial charge in [0.05, 0.1) is 12.1 Å². The second-order valence-corrected chi connectivity index (χ2v) is 9.16. The van der Waals surface area contributed by atoms with Gasteiger partial charge in [0.25, 0.3) is 0 Å². The lowest BCUT2D eigenvalue weighted by Crippen LogP contribution is -2.55. The summed E-state index contributed by atoms with van der Waals surface area (Å²) in [4.78, 5) is 13.4. The minimum atomic E-state index is -3.74. The molecule has 0 bridgehead atoms. The molecule has 1 saturated carbocycles. The minimum absolute atomic E-state index is 0.0877. The number of rotatable bonds is 12. The Morgan fingerprint density at radius 3 is 2.39 bits per heavy atom. The molecule has 1 atom stereocenters. The standard InChI is InChI=1S/C21H27F4N3O2S/c1-19(2,12-26)28-18(29)17(11-20(22,23)10-14-4-5-14)27-13-21(24,25)30-15-6-8-16(31-3)9-7-15/h6-9,14,17,27H,4-5,10-11,13H2,1-3H3,(H,28,29). The molecule has 1 aromatic carbocycles. The van der Waals surface area contributed by atoms with Gasteiger partial charge in [-0.2, -0.15) is 14.0 Å². The number of halogens is 4. The van der Waals surface area contributed by atoms with Crippen molar-refractivity contribution in [3.63, 3.8) is 0 Å². The summed E-state index contributed by atoms with van der Waals surface area (Å²) >= 11 is 1.44. The monoisotopic (exact) mass is 461 g/mol. The lowest BCUT2D eigenvalue weighted by atomic mass is 10.0. The Labute approximate surface area is 183 Å². The van der Waals surface area contributed by atoms with Crippen molar-refractivity contribution in [2.24, 2.45) is 5.92 Å². The molecule has 0 saturated heterocycles. The van der Waals surface area contributed by atoms with Crippen LogP contribution in [0.1, 0.15) is 39.5 Å². The number of carbonyl (C=O) groups excluding carboxylic acids is 1. The molecule has 0 aliphatic heterocycles. The van der Waals surface area contributed by atoms with Gasteiger partial charge in [0.15, 0.2) is 0 Å². The molecule has 0 aromatic heterocycles. The van der Waals surface area contributed by atoms with Crippen molar-refractivity contribution in [2.75, 3.05) is 12.8 Å². The number of hydrogen-bond acceptors (Lipinski definition) is 5. The number of thioether (sulfide) groups is 1. The third-order valence-corrected chi connectivity index (χ3v) is 5.44. The van der Waals surface area contributed by atoms with Crippen LogP contribution in [0.4, 0.5) is 17.6 Å². The number of nitriles is 1. The smallest absolute Gasteiger partial charge is 0.410 e. The molecule has 10 heteroatoms. The summed E-state index contributed by atoms with van der Waals surface area (Å²) in [5.74, 6) is -4.34. The van der Waals surface area contributed by atoms with E-state index in [4.69, 9.17) is 5.26 Å². The molecule has 1 aliphatic rings. The largest absolute Gasteiger partial charge is 0.432 e. The van der Waals surface area contributed by atoms with Crippen LogP contribution in [0, 0.1) is 17.2 Å². The molecular formula is C21H27F4N3O2S. The minimum Gasteiger partial charge on any atom is -0.432 e. The van der Waals surface area contributed by atoms with E-state index in [-0.39, 0.29) is 11.7 Å². The molecule has 1 unspecified atom stereocenters. The quantitative estimate of drug-likeness (QED) is 0.352. The highest BCUT2D eigenvalue weighted by molar-refractivity contribution is 7.98. The van der Waals surface area contributed by atoms with Crippen molar-refractivity contribution in [1.82, 2.24) is 10.6 Å². The topological polar surface area (TPSA) is 74.2 Å². The number of amides is 1. The molecule has 0 spiro atoms. The van der Waals surface area contributed by atoms with Gasteiger partial charge in [0.2, 0.25) is 11.8 Å². The Balaban J connectivity index is 2.05. The first-order chi connectivity index (χ1) is 14.3. The van der Waals surface area contributed by atoms with Crippen molar-refractivity contribution in [3.05, 3.63) is 24.3 Å². The van der Waals surface area contributed by atoms with E-state index in [0.717, 1.165) is 4.90 Å². The predicted octanol–water partition coefficient (Wildman–Crippen LogP) is 4.58. The highest BCUT2D eigenvalue weighted by atomic mass is 32.2. The molecule has 1 aromatic rings. The van der Waals surface area contributed by atoms with Gasteiger partial charge in [-0.05, 0) is 63.1 Å². The number of nitrogens with one attached hydrogen (secondary N) is 2. The average molecular weight is 462 g/mol. The van der Waals surface area contributed by atoms with Crippen molar-refractivity contribution in [2.45, 2.75) is 68.0 Å². The van der Waals surface area contributed by atoms with E-state index >= 15 is 0 Å². The van der Waals surface area contributed by atoms with Crippen molar-refractivity contribution >= 4 is 17.7 Å². The van der Waals surface area contributed by atoms with Gasteiger partial charge in [0.1, 0.15) is 17.8 Å².